The Kier molecular flexibility index (Phi) is 11.6. The number of hydrogen-bond donors (Lipinski definition) is 2. The van der Waals surface area contributed by atoms with E-state index in [0.717, 1.165) is 18.4 Å². The van der Waals surface area contributed by atoms with E-state index >= 15 is 0 Å². The molecule has 1 aromatic rings. The third-order valence-electron chi connectivity index (χ3n) is 4.97. The maximum atomic E-state index is 13.7. The van der Waals surface area contributed by atoms with E-state index < -0.39 is 29.7 Å². The highest BCUT2D eigenvalue weighted by Crippen LogP contribution is 2.24. The molecule has 0 saturated carbocycles. The summed E-state index contributed by atoms with van der Waals surface area (Å²) in [6, 6.07) is 7.39. The fourth-order valence-corrected chi connectivity index (χ4v) is 3.51. The van der Waals surface area contributed by atoms with Crippen molar-refractivity contribution in [3.05, 3.63) is 35.4 Å². The number of ether oxygens (including phenoxy) is 1. The summed E-state index contributed by atoms with van der Waals surface area (Å²) < 4.78 is 5.35. The minimum Gasteiger partial charge on any atom is -0.444 e. The first-order valence-corrected chi connectivity index (χ1v) is 11.9. The number of carbonyl (C=O) groups is 3. The number of nitrogens with zero attached hydrogens (tertiary/aromatic N) is 2. The van der Waals surface area contributed by atoms with Crippen LogP contribution in [0, 0.1) is 24.2 Å². The molecule has 0 fully saturated rings. The number of nitriles is 1. The van der Waals surface area contributed by atoms with Crippen LogP contribution in [0.2, 0.25) is 0 Å². The Morgan fingerprint density at radius 1 is 1.21 bits per heavy atom. The van der Waals surface area contributed by atoms with E-state index in [4.69, 9.17) is 4.74 Å². The summed E-state index contributed by atoms with van der Waals surface area (Å²) in [6.45, 7) is 13.2. The van der Waals surface area contributed by atoms with Crippen molar-refractivity contribution < 1.29 is 19.1 Å². The molecule has 8 heteroatoms. The molecule has 1 rings (SSSR count). The average molecular weight is 473 g/mol. The maximum absolute atomic E-state index is 13.7. The van der Waals surface area contributed by atoms with E-state index in [1.54, 1.807) is 26.8 Å². The highest BCUT2D eigenvalue weighted by Gasteiger charge is 2.36. The smallest absolute Gasteiger partial charge is 0.408 e. The molecule has 2 N–H and O–H groups in total. The normalized spacial score (nSPS) is 12.9. The number of nitrogens with one attached hydrogen (secondary N) is 2. The summed E-state index contributed by atoms with van der Waals surface area (Å²) >= 11 is 0. The minimum atomic E-state index is -1.00. The second-order valence-corrected chi connectivity index (χ2v) is 9.91. The summed E-state index contributed by atoms with van der Waals surface area (Å²) in [5.41, 5.74) is 0.808. The van der Waals surface area contributed by atoms with E-state index in [-0.39, 0.29) is 18.4 Å². The van der Waals surface area contributed by atoms with Crippen LogP contribution in [0.3, 0.4) is 0 Å². The van der Waals surface area contributed by atoms with Crippen molar-refractivity contribution in [3.63, 3.8) is 0 Å². The molecule has 8 nitrogen and oxygen atoms in total. The minimum absolute atomic E-state index is 0.0728. The fourth-order valence-electron chi connectivity index (χ4n) is 3.51. The third kappa shape index (κ3) is 9.82. The first-order valence-electron chi connectivity index (χ1n) is 11.9. The van der Waals surface area contributed by atoms with E-state index in [9.17, 15) is 19.6 Å². The first-order chi connectivity index (χ1) is 15.9. The van der Waals surface area contributed by atoms with Crippen molar-refractivity contribution in [3.8, 4) is 6.07 Å². The van der Waals surface area contributed by atoms with Gasteiger partial charge in [0.25, 0.3) is 0 Å². The molecule has 188 valence electrons. The number of alkyl carbamates (subject to hydrolysis) is 1. The zero-order chi connectivity index (χ0) is 25.9. The molecule has 0 bridgehead atoms. The predicted octanol–water partition coefficient (Wildman–Crippen LogP) is 4.24. The Morgan fingerprint density at radius 3 is 2.41 bits per heavy atom. The molecular formula is C26H40N4O4. The van der Waals surface area contributed by atoms with Crippen LogP contribution < -0.4 is 10.6 Å². The van der Waals surface area contributed by atoms with Crippen LogP contribution in [-0.2, 0) is 14.3 Å². The van der Waals surface area contributed by atoms with Crippen LogP contribution in [0.15, 0.2) is 24.3 Å². The van der Waals surface area contributed by atoms with Crippen molar-refractivity contribution in [2.75, 3.05) is 13.1 Å². The topological polar surface area (TPSA) is 112 Å². The summed E-state index contributed by atoms with van der Waals surface area (Å²) in [4.78, 5) is 40.7. The van der Waals surface area contributed by atoms with Crippen molar-refractivity contribution >= 4 is 17.9 Å². The van der Waals surface area contributed by atoms with Gasteiger partial charge in [0.2, 0.25) is 11.8 Å². The Balaban J connectivity index is 3.38. The van der Waals surface area contributed by atoms with E-state index in [1.807, 2.05) is 52.0 Å². The number of benzene rings is 1. The largest absolute Gasteiger partial charge is 0.444 e. The second kappa shape index (κ2) is 13.6. The summed E-state index contributed by atoms with van der Waals surface area (Å²) in [7, 11) is 0. The van der Waals surface area contributed by atoms with Crippen molar-refractivity contribution in [2.24, 2.45) is 5.92 Å². The number of rotatable bonds is 11. The van der Waals surface area contributed by atoms with Gasteiger partial charge in [-0.15, -0.1) is 0 Å². The lowest BCUT2D eigenvalue weighted by molar-refractivity contribution is -0.142. The number of carbonyl (C=O) groups excluding carboxylic acids is 3. The number of unbranched alkanes of at least 4 members (excludes halogenated alkanes) is 1. The quantitative estimate of drug-likeness (QED) is 0.369. The Labute approximate surface area is 204 Å². The number of amides is 3. The van der Waals surface area contributed by atoms with Crippen LogP contribution in [0.25, 0.3) is 0 Å². The van der Waals surface area contributed by atoms with Crippen molar-refractivity contribution in [1.82, 2.24) is 15.5 Å². The molecule has 0 aliphatic carbocycles. The molecule has 2 unspecified atom stereocenters. The molecule has 0 aliphatic rings. The zero-order valence-electron chi connectivity index (χ0n) is 21.6. The highest BCUT2D eigenvalue weighted by molar-refractivity contribution is 5.92. The van der Waals surface area contributed by atoms with Gasteiger partial charge in [-0.1, -0.05) is 57.0 Å². The molecule has 0 aliphatic heterocycles. The lowest BCUT2D eigenvalue weighted by atomic mass is 9.98. The van der Waals surface area contributed by atoms with E-state index in [0.29, 0.717) is 18.5 Å². The number of hydrogen-bond acceptors (Lipinski definition) is 5. The lowest BCUT2D eigenvalue weighted by Crippen LogP contribution is -2.53. The Bertz CT molecular complexity index is 870. The molecule has 0 heterocycles. The van der Waals surface area contributed by atoms with Gasteiger partial charge < -0.3 is 20.3 Å². The van der Waals surface area contributed by atoms with Gasteiger partial charge in [-0.2, -0.15) is 5.26 Å². The highest BCUT2D eigenvalue weighted by atomic mass is 16.6. The molecule has 0 spiro atoms. The average Bonchev–Trinajstić information content (AvgIpc) is 2.71. The molecule has 3 amide bonds. The molecule has 0 aromatic heterocycles. The van der Waals surface area contributed by atoms with Crippen LogP contribution in [0.4, 0.5) is 4.79 Å². The summed E-state index contributed by atoms with van der Waals surface area (Å²) in [6.07, 6.45) is 1.32. The monoisotopic (exact) mass is 472 g/mol. The Morgan fingerprint density at radius 2 is 1.88 bits per heavy atom. The standard InChI is InChI=1S/C26H40N4O4/c1-8-9-14-28-23(31)22(20-12-10-11-19(4)17-20)30(15-13-27)24(32)21(16-18(2)3)29-25(33)34-26(5,6)7/h10-12,17-18,21-22H,8-9,14-16H2,1-7H3,(H,28,31)(H,29,33). The summed E-state index contributed by atoms with van der Waals surface area (Å²) in [5, 5.41) is 15.1. The van der Waals surface area contributed by atoms with Gasteiger partial charge in [-0.3, -0.25) is 9.59 Å². The number of aryl methyl sites for hydroxylation is 1. The maximum Gasteiger partial charge on any atom is 0.408 e. The predicted molar refractivity (Wildman–Crippen MR) is 132 cm³/mol. The van der Waals surface area contributed by atoms with Gasteiger partial charge in [0.05, 0.1) is 6.07 Å². The third-order valence-corrected chi connectivity index (χ3v) is 4.97. The SMILES string of the molecule is CCCCNC(=O)C(c1cccc(C)c1)N(CC#N)C(=O)C(CC(C)C)NC(=O)OC(C)(C)C. The van der Waals surface area contributed by atoms with Crippen molar-refractivity contribution in [1.29, 1.82) is 5.26 Å². The van der Waals surface area contributed by atoms with Gasteiger partial charge in [-0.25, -0.2) is 4.79 Å². The van der Waals surface area contributed by atoms with Gasteiger partial charge in [0.1, 0.15) is 24.2 Å². The van der Waals surface area contributed by atoms with Crippen molar-refractivity contribution in [2.45, 2.75) is 85.4 Å². The van der Waals surface area contributed by atoms with Crippen LogP contribution in [0.1, 0.15) is 78.0 Å². The lowest BCUT2D eigenvalue weighted by Gasteiger charge is -2.33. The van der Waals surface area contributed by atoms with E-state index in [1.165, 1.54) is 4.90 Å². The van der Waals surface area contributed by atoms with Gasteiger partial charge in [0.15, 0.2) is 0 Å². The van der Waals surface area contributed by atoms with Crippen LogP contribution >= 0.6 is 0 Å². The van der Waals surface area contributed by atoms with Crippen LogP contribution in [0.5, 0.6) is 0 Å². The first kappa shape index (κ1) is 29.0. The molecular weight excluding hydrogens is 432 g/mol. The summed E-state index contributed by atoms with van der Waals surface area (Å²) in [5.74, 6) is -0.787. The van der Waals surface area contributed by atoms with Gasteiger partial charge in [-0.05, 0) is 52.0 Å². The molecule has 34 heavy (non-hydrogen) atoms. The zero-order valence-corrected chi connectivity index (χ0v) is 21.6. The van der Waals surface area contributed by atoms with E-state index in [2.05, 4.69) is 10.6 Å². The Hall–Kier alpha value is -3.08. The molecule has 0 saturated heterocycles. The molecule has 1 aromatic carbocycles. The van der Waals surface area contributed by atoms with Crippen LogP contribution in [-0.4, -0.2) is 47.5 Å². The second-order valence-electron chi connectivity index (χ2n) is 9.91. The molecule has 0 radical (unpaired) electrons. The van der Waals surface area contributed by atoms with Gasteiger partial charge in [0, 0.05) is 6.54 Å². The fraction of sp³-hybridized carbons (Fsp3) is 0.615. The van der Waals surface area contributed by atoms with Gasteiger partial charge >= 0.3 is 6.09 Å². The molecule has 2 atom stereocenters.